The Hall–Kier alpha value is -1.95. The van der Waals surface area contributed by atoms with Crippen LogP contribution in [0.2, 0.25) is 5.15 Å². The number of pyridine rings is 1. The van der Waals surface area contributed by atoms with E-state index in [0.29, 0.717) is 23.8 Å². The van der Waals surface area contributed by atoms with E-state index in [1.54, 1.807) is 29.3 Å². The van der Waals surface area contributed by atoms with Gasteiger partial charge in [-0.3, -0.25) is 9.48 Å². The maximum absolute atomic E-state index is 11.7. The second kappa shape index (κ2) is 5.59. The number of rotatable bonds is 4. The molecule has 0 unspecified atom stereocenters. The van der Waals surface area contributed by atoms with E-state index in [4.69, 9.17) is 11.6 Å². The van der Waals surface area contributed by atoms with Crippen molar-refractivity contribution in [2.24, 2.45) is 0 Å². The molecule has 0 spiro atoms. The average Bonchev–Trinajstić information content (AvgIpc) is 2.83. The summed E-state index contributed by atoms with van der Waals surface area (Å²) in [7, 11) is 0. The molecule has 2 aromatic heterocycles. The predicted molar refractivity (Wildman–Crippen MR) is 67.3 cm³/mol. The van der Waals surface area contributed by atoms with Crippen molar-refractivity contribution in [2.75, 3.05) is 5.32 Å². The molecule has 94 valence electrons. The van der Waals surface area contributed by atoms with Crippen LogP contribution in [0.1, 0.15) is 12.0 Å². The highest BCUT2D eigenvalue weighted by Crippen LogP contribution is 2.16. The highest BCUT2D eigenvalue weighted by molar-refractivity contribution is 6.29. The molecule has 1 N–H and O–H groups in total. The van der Waals surface area contributed by atoms with E-state index in [2.05, 4.69) is 20.6 Å². The van der Waals surface area contributed by atoms with Crippen LogP contribution in [0.15, 0.2) is 24.7 Å². The highest BCUT2D eigenvalue weighted by Gasteiger charge is 2.06. The highest BCUT2D eigenvalue weighted by atomic mass is 35.5. The molecule has 0 saturated heterocycles. The summed E-state index contributed by atoms with van der Waals surface area (Å²) in [6, 6.07) is 1.70. The Balaban J connectivity index is 1.91. The maximum Gasteiger partial charge on any atom is 0.226 e. The van der Waals surface area contributed by atoms with Gasteiger partial charge in [-0.25, -0.2) is 4.98 Å². The molecule has 2 rings (SSSR count). The monoisotopic (exact) mass is 265 g/mol. The number of hydrogen-bond acceptors (Lipinski definition) is 4. The van der Waals surface area contributed by atoms with E-state index in [9.17, 15) is 4.79 Å². The summed E-state index contributed by atoms with van der Waals surface area (Å²) >= 11 is 5.74. The Morgan fingerprint density at radius 2 is 2.39 bits per heavy atom. The third kappa shape index (κ3) is 3.27. The lowest BCUT2D eigenvalue weighted by Gasteiger charge is -2.07. The molecule has 0 aliphatic heterocycles. The fourth-order valence-electron chi connectivity index (χ4n) is 1.43. The van der Waals surface area contributed by atoms with Crippen molar-refractivity contribution in [3.05, 3.63) is 35.4 Å². The lowest BCUT2D eigenvalue weighted by Crippen LogP contribution is -2.15. The predicted octanol–water partition coefficient (Wildman–Crippen LogP) is 1.66. The molecule has 1 amide bonds. The van der Waals surface area contributed by atoms with Gasteiger partial charge in [-0.05, 0) is 18.6 Å². The number of aromatic nitrogens is 4. The Morgan fingerprint density at radius 3 is 3.06 bits per heavy atom. The lowest BCUT2D eigenvalue weighted by atomic mass is 10.2. The van der Waals surface area contributed by atoms with Crippen LogP contribution >= 0.6 is 11.6 Å². The van der Waals surface area contributed by atoms with Gasteiger partial charge in [0.2, 0.25) is 5.91 Å². The SMILES string of the molecule is Cc1cc(Cl)ncc1NC(=O)CCn1ccnn1. The maximum atomic E-state index is 11.7. The van der Waals surface area contributed by atoms with Crippen molar-refractivity contribution in [3.8, 4) is 0 Å². The molecule has 0 bridgehead atoms. The molecule has 0 aliphatic carbocycles. The van der Waals surface area contributed by atoms with E-state index in [0.717, 1.165) is 5.56 Å². The average molecular weight is 266 g/mol. The van der Waals surface area contributed by atoms with Gasteiger partial charge in [0, 0.05) is 12.6 Å². The summed E-state index contributed by atoms with van der Waals surface area (Å²) in [6.45, 7) is 2.35. The summed E-state index contributed by atoms with van der Waals surface area (Å²) in [5.41, 5.74) is 1.55. The molecule has 6 nitrogen and oxygen atoms in total. The first-order valence-corrected chi connectivity index (χ1v) is 5.79. The number of aryl methyl sites for hydroxylation is 2. The van der Waals surface area contributed by atoms with Crippen molar-refractivity contribution >= 4 is 23.2 Å². The van der Waals surface area contributed by atoms with Gasteiger partial charge in [0.25, 0.3) is 0 Å². The van der Waals surface area contributed by atoms with Crippen LogP contribution in [0.3, 0.4) is 0 Å². The first-order valence-electron chi connectivity index (χ1n) is 5.41. The molecule has 2 aromatic rings. The van der Waals surface area contributed by atoms with E-state index in [1.807, 2.05) is 6.92 Å². The van der Waals surface area contributed by atoms with E-state index >= 15 is 0 Å². The van der Waals surface area contributed by atoms with Crippen LogP contribution in [0.5, 0.6) is 0 Å². The zero-order valence-corrected chi connectivity index (χ0v) is 10.6. The smallest absolute Gasteiger partial charge is 0.226 e. The minimum atomic E-state index is -0.0993. The second-order valence-corrected chi connectivity index (χ2v) is 4.17. The quantitative estimate of drug-likeness (QED) is 0.854. The topological polar surface area (TPSA) is 72.7 Å². The van der Waals surface area contributed by atoms with Crippen LogP contribution in [0, 0.1) is 6.92 Å². The van der Waals surface area contributed by atoms with Crippen molar-refractivity contribution in [1.29, 1.82) is 0 Å². The number of nitrogens with one attached hydrogen (secondary N) is 1. The van der Waals surface area contributed by atoms with E-state index < -0.39 is 0 Å². The molecule has 18 heavy (non-hydrogen) atoms. The van der Waals surface area contributed by atoms with E-state index in [1.165, 1.54) is 0 Å². The minimum Gasteiger partial charge on any atom is -0.324 e. The number of amides is 1. The summed E-state index contributed by atoms with van der Waals surface area (Å²) in [6.07, 6.45) is 5.16. The minimum absolute atomic E-state index is 0.0993. The number of anilines is 1. The van der Waals surface area contributed by atoms with Gasteiger partial charge in [-0.15, -0.1) is 5.10 Å². The molecule has 0 atom stereocenters. The number of halogens is 1. The lowest BCUT2D eigenvalue weighted by molar-refractivity contribution is -0.116. The van der Waals surface area contributed by atoms with Gasteiger partial charge < -0.3 is 5.32 Å². The zero-order valence-electron chi connectivity index (χ0n) is 9.80. The Labute approximate surface area is 109 Å². The molecular weight excluding hydrogens is 254 g/mol. The van der Waals surface area contributed by atoms with Crippen molar-refractivity contribution < 1.29 is 4.79 Å². The van der Waals surface area contributed by atoms with Gasteiger partial charge in [-0.2, -0.15) is 0 Å². The van der Waals surface area contributed by atoms with Crippen LogP contribution in [-0.2, 0) is 11.3 Å². The fourth-order valence-corrected chi connectivity index (χ4v) is 1.65. The van der Waals surface area contributed by atoms with Gasteiger partial charge in [0.1, 0.15) is 5.15 Å². The molecular formula is C11H12ClN5O. The zero-order chi connectivity index (χ0) is 13.0. The summed E-state index contributed by atoms with van der Waals surface area (Å²) in [5.74, 6) is -0.0993. The number of hydrogen-bond donors (Lipinski definition) is 1. The Kier molecular flexibility index (Phi) is 3.88. The van der Waals surface area contributed by atoms with Gasteiger partial charge in [0.15, 0.2) is 0 Å². The molecule has 0 fully saturated rings. The van der Waals surface area contributed by atoms with Gasteiger partial charge >= 0.3 is 0 Å². The number of carbonyl (C=O) groups is 1. The summed E-state index contributed by atoms with van der Waals surface area (Å²) in [4.78, 5) is 15.6. The van der Waals surface area contributed by atoms with Crippen molar-refractivity contribution in [2.45, 2.75) is 19.9 Å². The molecule has 0 radical (unpaired) electrons. The molecule has 0 saturated carbocycles. The van der Waals surface area contributed by atoms with Crippen molar-refractivity contribution in [1.82, 2.24) is 20.0 Å². The molecule has 0 aromatic carbocycles. The third-order valence-corrected chi connectivity index (χ3v) is 2.60. The molecule has 0 aliphatic rings. The van der Waals surface area contributed by atoms with Crippen LogP contribution in [-0.4, -0.2) is 25.9 Å². The molecule has 2 heterocycles. The summed E-state index contributed by atoms with van der Waals surface area (Å²) < 4.78 is 1.60. The number of carbonyl (C=O) groups excluding carboxylic acids is 1. The van der Waals surface area contributed by atoms with Crippen LogP contribution < -0.4 is 5.32 Å². The van der Waals surface area contributed by atoms with Crippen LogP contribution in [0.4, 0.5) is 5.69 Å². The fraction of sp³-hybridized carbons (Fsp3) is 0.273. The standard InChI is InChI=1S/C11H12ClN5O/c1-8-6-10(12)13-7-9(8)15-11(18)2-4-17-5-3-14-16-17/h3,5-7H,2,4H2,1H3,(H,15,18). The normalized spacial score (nSPS) is 10.3. The number of nitrogens with zero attached hydrogens (tertiary/aromatic N) is 4. The first-order chi connectivity index (χ1) is 8.65. The molecule has 7 heteroatoms. The van der Waals surface area contributed by atoms with Gasteiger partial charge in [-0.1, -0.05) is 16.8 Å². The third-order valence-electron chi connectivity index (χ3n) is 2.39. The van der Waals surface area contributed by atoms with Gasteiger partial charge in [0.05, 0.1) is 24.6 Å². The van der Waals surface area contributed by atoms with Crippen molar-refractivity contribution in [3.63, 3.8) is 0 Å². The van der Waals surface area contributed by atoms with Crippen LogP contribution in [0.25, 0.3) is 0 Å². The van der Waals surface area contributed by atoms with E-state index in [-0.39, 0.29) is 5.91 Å². The second-order valence-electron chi connectivity index (χ2n) is 3.79. The Morgan fingerprint density at radius 1 is 1.56 bits per heavy atom. The largest absolute Gasteiger partial charge is 0.324 e. The summed E-state index contributed by atoms with van der Waals surface area (Å²) in [5, 5.41) is 10.6. The Bertz CT molecular complexity index is 540. The first kappa shape index (κ1) is 12.5.